The number of fused-ring (bicyclic) bond motifs is 3. The number of nitrogens with one attached hydrogen (secondary N) is 1. The van der Waals surface area contributed by atoms with Crippen LogP contribution in [-0.4, -0.2) is 57.8 Å². The zero-order valence-electron chi connectivity index (χ0n) is 13.9. The Labute approximate surface area is 136 Å². The Kier molecular flexibility index (Phi) is 4.61. The van der Waals surface area contributed by atoms with E-state index in [-0.39, 0.29) is 11.9 Å². The average Bonchev–Trinajstić information content (AvgIpc) is 2.61. The highest BCUT2D eigenvalue weighted by Gasteiger charge is 2.35. The van der Waals surface area contributed by atoms with Crippen LogP contribution in [0.3, 0.4) is 0 Å². The summed E-state index contributed by atoms with van der Waals surface area (Å²) < 4.78 is 15.9. The number of amides is 1. The van der Waals surface area contributed by atoms with Crippen LogP contribution < -0.4 is 19.5 Å². The van der Waals surface area contributed by atoms with Crippen LogP contribution in [-0.2, 0) is 0 Å². The van der Waals surface area contributed by atoms with Crippen molar-refractivity contribution in [3.05, 3.63) is 17.7 Å². The highest BCUT2D eigenvalue weighted by molar-refractivity contribution is 5.98. The van der Waals surface area contributed by atoms with E-state index in [9.17, 15) is 4.79 Å². The fourth-order valence-electron chi connectivity index (χ4n) is 3.58. The van der Waals surface area contributed by atoms with Gasteiger partial charge in [-0.15, -0.1) is 0 Å². The summed E-state index contributed by atoms with van der Waals surface area (Å²) in [5, 5.41) is 3.17. The van der Waals surface area contributed by atoms with E-state index in [1.54, 1.807) is 33.5 Å². The normalized spacial score (nSPS) is 25.8. The second-order valence-corrected chi connectivity index (χ2v) is 6.13. The fourth-order valence-corrected chi connectivity index (χ4v) is 3.58. The quantitative estimate of drug-likeness (QED) is 0.892. The van der Waals surface area contributed by atoms with Crippen LogP contribution in [0.25, 0.3) is 0 Å². The van der Waals surface area contributed by atoms with Crippen LogP contribution >= 0.6 is 0 Å². The van der Waals surface area contributed by atoms with Crippen molar-refractivity contribution < 1.29 is 19.0 Å². The second-order valence-electron chi connectivity index (χ2n) is 6.13. The lowest BCUT2D eigenvalue weighted by molar-refractivity contribution is 0.0619. The molecule has 0 aliphatic carbocycles. The monoisotopic (exact) mass is 320 g/mol. The lowest BCUT2D eigenvalue weighted by atomic mass is 9.84. The van der Waals surface area contributed by atoms with Crippen molar-refractivity contribution in [1.82, 2.24) is 10.2 Å². The van der Waals surface area contributed by atoms with E-state index < -0.39 is 0 Å². The fraction of sp³-hybridized carbons (Fsp3) is 0.588. The molecule has 0 saturated carbocycles. The number of hydrogen-bond donors (Lipinski definition) is 1. The zero-order valence-corrected chi connectivity index (χ0v) is 13.9. The predicted molar refractivity (Wildman–Crippen MR) is 86.5 cm³/mol. The summed E-state index contributed by atoms with van der Waals surface area (Å²) in [6.07, 6.45) is 2.32. The van der Waals surface area contributed by atoms with Crippen LogP contribution in [0.5, 0.6) is 17.2 Å². The van der Waals surface area contributed by atoms with Gasteiger partial charge in [-0.3, -0.25) is 4.79 Å². The molecule has 1 aromatic rings. The first-order chi connectivity index (χ1) is 11.2. The Morgan fingerprint density at radius 2 is 1.65 bits per heavy atom. The van der Waals surface area contributed by atoms with E-state index in [4.69, 9.17) is 14.2 Å². The number of rotatable bonds is 5. The Morgan fingerprint density at radius 1 is 1.04 bits per heavy atom. The highest BCUT2D eigenvalue weighted by atomic mass is 16.5. The number of hydrogen-bond acceptors (Lipinski definition) is 5. The maximum atomic E-state index is 12.7. The molecule has 6 heteroatoms. The Balaban J connectivity index is 1.81. The van der Waals surface area contributed by atoms with Gasteiger partial charge in [-0.25, -0.2) is 0 Å². The Bertz CT molecular complexity index is 582. The lowest BCUT2D eigenvalue weighted by Gasteiger charge is -2.44. The van der Waals surface area contributed by atoms with E-state index in [2.05, 4.69) is 10.2 Å². The third kappa shape index (κ3) is 3.08. The summed E-state index contributed by atoms with van der Waals surface area (Å²) in [6.45, 7) is 3.24. The molecule has 3 saturated heterocycles. The summed E-state index contributed by atoms with van der Waals surface area (Å²) in [5.74, 6) is 2.01. The van der Waals surface area contributed by atoms with Crippen molar-refractivity contribution in [3.8, 4) is 17.2 Å². The molecule has 1 amide bonds. The topological polar surface area (TPSA) is 60.0 Å². The van der Waals surface area contributed by atoms with E-state index in [1.807, 2.05) is 0 Å². The van der Waals surface area contributed by atoms with E-state index >= 15 is 0 Å². The molecule has 126 valence electrons. The molecule has 2 bridgehead atoms. The van der Waals surface area contributed by atoms with Crippen molar-refractivity contribution in [2.75, 3.05) is 41.0 Å². The molecule has 3 aliphatic heterocycles. The number of piperidine rings is 3. The average molecular weight is 320 g/mol. The van der Waals surface area contributed by atoms with E-state index in [0.717, 1.165) is 32.5 Å². The van der Waals surface area contributed by atoms with Gasteiger partial charge in [0, 0.05) is 24.7 Å². The number of carbonyl (C=O) groups excluding carboxylic acids is 1. The van der Waals surface area contributed by atoms with Gasteiger partial charge in [0.05, 0.1) is 26.9 Å². The van der Waals surface area contributed by atoms with E-state index in [0.29, 0.717) is 28.7 Å². The SMILES string of the molecule is COc1cc(OC)c(C(=O)NC2CN3CCC2CC3)cc1OC. The number of ether oxygens (including phenoxy) is 3. The molecule has 0 radical (unpaired) electrons. The minimum Gasteiger partial charge on any atom is -0.496 e. The van der Waals surface area contributed by atoms with Gasteiger partial charge in [0.1, 0.15) is 5.75 Å². The molecule has 1 aromatic carbocycles. The van der Waals surface area contributed by atoms with Crippen LogP contribution in [0.1, 0.15) is 23.2 Å². The third-order valence-electron chi connectivity index (χ3n) is 4.92. The molecule has 23 heavy (non-hydrogen) atoms. The molecule has 1 unspecified atom stereocenters. The highest BCUT2D eigenvalue weighted by Crippen LogP contribution is 2.35. The van der Waals surface area contributed by atoms with Crippen LogP contribution in [0.15, 0.2) is 12.1 Å². The smallest absolute Gasteiger partial charge is 0.255 e. The third-order valence-corrected chi connectivity index (χ3v) is 4.92. The Hall–Kier alpha value is -1.95. The van der Waals surface area contributed by atoms with Gasteiger partial charge < -0.3 is 24.4 Å². The van der Waals surface area contributed by atoms with Gasteiger partial charge in [0.2, 0.25) is 0 Å². The summed E-state index contributed by atoms with van der Waals surface area (Å²) in [4.78, 5) is 15.1. The second kappa shape index (κ2) is 6.66. The maximum absolute atomic E-state index is 12.7. The van der Waals surface area contributed by atoms with Crippen LogP contribution in [0.4, 0.5) is 0 Å². The molecule has 3 fully saturated rings. The van der Waals surface area contributed by atoms with Crippen LogP contribution in [0, 0.1) is 5.92 Å². The standard InChI is InChI=1S/C17H24N2O4/c1-21-14-9-16(23-3)15(22-2)8-12(14)17(20)18-13-10-19-6-4-11(13)5-7-19/h8-9,11,13H,4-7,10H2,1-3H3,(H,18,20). The molecule has 0 aromatic heterocycles. The van der Waals surface area contributed by atoms with E-state index in [1.165, 1.54) is 0 Å². The molecule has 0 spiro atoms. The number of nitrogens with zero attached hydrogens (tertiary/aromatic N) is 1. The Morgan fingerprint density at radius 3 is 2.17 bits per heavy atom. The largest absolute Gasteiger partial charge is 0.496 e. The van der Waals surface area contributed by atoms with Gasteiger partial charge in [-0.1, -0.05) is 0 Å². The zero-order chi connectivity index (χ0) is 16.4. The molecule has 4 rings (SSSR count). The van der Waals surface area contributed by atoms with Gasteiger partial charge in [-0.2, -0.15) is 0 Å². The summed E-state index contributed by atoms with van der Waals surface area (Å²) in [6, 6.07) is 3.57. The summed E-state index contributed by atoms with van der Waals surface area (Å²) >= 11 is 0. The van der Waals surface area contributed by atoms with Crippen molar-refractivity contribution in [2.24, 2.45) is 5.92 Å². The molecular weight excluding hydrogens is 296 g/mol. The number of methoxy groups -OCH3 is 3. The first-order valence-corrected chi connectivity index (χ1v) is 7.99. The minimum atomic E-state index is -0.124. The summed E-state index contributed by atoms with van der Waals surface area (Å²) in [5.41, 5.74) is 0.474. The predicted octanol–water partition coefficient (Wildman–Crippen LogP) is 1.54. The molecule has 3 heterocycles. The van der Waals surface area contributed by atoms with Gasteiger partial charge in [0.15, 0.2) is 11.5 Å². The van der Waals surface area contributed by atoms with Crippen molar-refractivity contribution in [2.45, 2.75) is 18.9 Å². The molecule has 3 aliphatic rings. The van der Waals surface area contributed by atoms with Gasteiger partial charge in [-0.05, 0) is 31.8 Å². The van der Waals surface area contributed by atoms with Crippen LogP contribution in [0.2, 0.25) is 0 Å². The van der Waals surface area contributed by atoms with Crippen molar-refractivity contribution in [3.63, 3.8) is 0 Å². The first-order valence-electron chi connectivity index (χ1n) is 7.99. The van der Waals surface area contributed by atoms with Crippen molar-refractivity contribution >= 4 is 5.91 Å². The molecule has 1 N–H and O–H groups in total. The summed E-state index contributed by atoms with van der Waals surface area (Å²) in [7, 11) is 4.66. The first kappa shape index (κ1) is 15.9. The molecule has 6 nitrogen and oxygen atoms in total. The molecule has 1 atom stereocenters. The van der Waals surface area contributed by atoms with Crippen molar-refractivity contribution in [1.29, 1.82) is 0 Å². The van der Waals surface area contributed by atoms with Gasteiger partial charge >= 0.3 is 0 Å². The number of benzene rings is 1. The number of carbonyl (C=O) groups is 1. The maximum Gasteiger partial charge on any atom is 0.255 e. The van der Waals surface area contributed by atoms with Gasteiger partial charge in [0.25, 0.3) is 5.91 Å². The lowest BCUT2D eigenvalue weighted by Crippen LogP contribution is -2.57. The minimum absolute atomic E-state index is 0.124. The molecular formula is C17H24N2O4.